The number of carbonyl (C=O) groups is 2. The third-order valence-corrected chi connectivity index (χ3v) is 5.08. The van der Waals surface area contributed by atoms with Crippen molar-refractivity contribution in [3.63, 3.8) is 0 Å². The molecule has 2 rings (SSSR count). The molecule has 136 valence electrons. The summed E-state index contributed by atoms with van der Waals surface area (Å²) in [6.45, 7) is 5.17. The van der Waals surface area contributed by atoms with Crippen molar-refractivity contribution in [3.05, 3.63) is 44.8 Å². The highest BCUT2D eigenvalue weighted by atomic mass is 35.5. The van der Waals surface area contributed by atoms with Crippen LogP contribution in [-0.2, 0) is 9.53 Å². The molecule has 0 aliphatic rings. The van der Waals surface area contributed by atoms with Crippen LogP contribution in [0, 0.1) is 25.2 Å². The fourth-order valence-electron chi connectivity index (χ4n) is 2.15. The molecule has 0 aliphatic heterocycles. The van der Waals surface area contributed by atoms with Crippen molar-refractivity contribution >= 4 is 39.8 Å². The number of rotatable bonds is 6. The monoisotopic (exact) mass is 392 g/mol. The number of halogens is 1. The molecule has 0 atom stereocenters. The van der Waals surface area contributed by atoms with E-state index in [9.17, 15) is 14.9 Å². The Morgan fingerprint density at radius 1 is 1.35 bits per heavy atom. The fourth-order valence-corrected chi connectivity index (χ4v) is 3.33. The quantitative estimate of drug-likeness (QED) is 0.748. The van der Waals surface area contributed by atoms with Crippen LogP contribution in [0.2, 0.25) is 5.02 Å². The molecule has 0 bridgehead atoms. The highest BCUT2D eigenvalue weighted by Gasteiger charge is 2.22. The van der Waals surface area contributed by atoms with Crippen molar-refractivity contribution in [2.45, 2.75) is 20.8 Å². The number of carbonyl (C=O) groups excluding carboxylic acids is 2. The molecule has 0 aliphatic carbocycles. The molecule has 6 nitrogen and oxygen atoms in total. The van der Waals surface area contributed by atoms with Gasteiger partial charge >= 0.3 is 5.97 Å². The maximum absolute atomic E-state index is 12.1. The summed E-state index contributed by atoms with van der Waals surface area (Å²) in [7, 11) is 0. The molecule has 2 aromatic rings. The molecule has 0 fully saturated rings. The maximum Gasteiger partial charge on any atom is 0.348 e. The minimum atomic E-state index is -0.514. The van der Waals surface area contributed by atoms with Crippen LogP contribution in [0.5, 0.6) is 5.75 Å². The first-order chi connectivity index (χ1) is 12.4. The zero-order valence-corrected chi connectivity index (χ0v) is 16.1. The Bertz CT molecular complexity index is 886. The van der Waals surface area contributed by atoms with Gasteiger partial charge in [0.15, 0.2) is 6.61 Å². The number of hydrogen-bond donors (Lipinski definition) is 1. The second kappa shape index (κ2) is 8.70. The molecule has 26 heavy (non-hydrogen) atoms. The Labute approximate surface area is 160 Å². The van der Waals surface area contributed by atoms with Crippen molar-refractivity contribution in [2.75, 3.05) is 18.5 Å². The molecule has 8 heteroatoms. The molecule has 0 unspecified atom stereocenters. The van der Waals surface area contributed by atoms with E-state index in [1.165, 1.54) is 0 Å². The molecule has 1 aromatic carbocycles. The normalized spacial score (nSPS) is 10.1. The average Bonchev–Trinajstić information content (AvgIpc) is 2.91. The first kappa shape index (κ1) is 19.8. The predicted octanol–water partition coefficient (Wildman–Crippen LogP) is 4.08. The minimum Gasteiger partial charge on any atom is -0.484 e. The van der Waals surface area contributed by atoms with Crippen molar-refractivity contribution in [3.8, 4) is 11.8 Å². The first-order valence-electron chi connectivity index (χ1n) is 7.76. The van der Waals surface area contributed by atoms with E-state index in [1.807, 2.05) is 13.0 Å². The van der Waals surface area contributed by atoms with E-state index in [-0.39, 0.29) is 18.8 Å². The summed E-state index contributed by atoms with van der Waals surface area (Å²) in [6.07, 6.45) is 0. The van der Waals surface area contributed by atoms with Crippen molar-refractivity contribution in [1.82, 2.24) is 0 Å². The van der Waals surface area contributed by atoms with E-state index in [0.29, 0.717) is 26.2 Å². The second-order valence-electron chi connectivity index (χ2n) is 5.34. The Hall–Kier alpha value is -2.56. The number of aryl methyl sites for hydroxylation is 1. The number of nitrogens with zero attached hydrogens (tertiary/aromatic N) is 1. The molecule has 0 saturated carbocycles. The van der Waals surface area contributed by atoms with Crippen LogP contribution in [0.3, 0.4) is 0 Å². The van der Waals surface area contributed by atoms with E-state index in [1.54, 1.807) is 32.0 Å². The largest absolute Gasteiger partial charge is 0.484 e. The van der Waals surface area contributed by atoms with Crippen LogP contribution in [0.4, 0.5) is 5.00 Å². The molecule has 1 N–H and O–H groups in total. The third kappa shape index (κ3) is 4.54. The van der Waals surface area contributed by atoms with Crippen molar-refractivity contribution < 1.29 is 19.1 Å². The van der Waals surface area contributed by atoms with Gasteiger partial charge in [0, 0.05) is 5.02 Å². The zero-order valence-electron chi connectivity index (χ0n) is 14.5. The topological polar surface area (TPSA) is 88.4 Å². The van der Waals surface area contributed by atoms with E-state index in [4.69, 9.17) is 21.1 Å². The number of thiophene rings is 1. The van der Waals surface area contributed by atoms with E-state index < -0.39 is 11.9 Å². The van der Waals surface area contributed by atoms with E-state index in [2.05, 4.69) is 5.32 Å². The van der Waals surface area contributed by atoms with Gasteiger partial charge in [-0.3, -0.25) is 4.79 Å². The Kier molecular flexibility index (Phi) is 6.61. The summed E-state index contributed by atoms with van der Waals surface area (Å²) in [5.74, 6) is -0.442. The number of hydrogen-bond acceptors (Lipinski definition) is 6. The smallest absolute Gasteiger partial charge is 0.348 e. The van der Waals surface area contributed by atoms with Crippen LogP contribution >= 0.6 is 22.9 Å². The molecule has 1 aromatic heterocycles. The summed E-state index contributed by atoms with van der Waals surface area (Å²) in [4.78, 5) is 24.4. The molecular weight excluding hydrogens is 376 g/mol. The summed E-state index contributed by atoms with van der Waals surface area (Å²) >= 11 is 6.96. The van der Waals surface area contributed by atoms with Gasteiger partial charge < -0.3 is 14.8 Å². The number of anilines is 1. The zero-order chi connectivity index (χ0) is 19.3. The van der Waals surface area contributed by atoms with Crippen molar-refractivity contribution in [2.24, 2.45) is 0 Å². The molecule has 0 saturated heterocycles. The van der Waals surface area contributed by atoms with E-state index in [0.717, 1.165) is 16.9 Å². The standard InChI is InChI=1S/C18H17ClN2O4S/c1-4-24-18(23)16-11(3)13(8-20)17(26-16)21-15(22)9-25-12-5-6-14(19)10(2)7-12/h5-7H,4,9H2,1-3H3,(H,21,22). The van der Waals surface area contributed by atoms with Crippen LogP contribution < -0.4 is 10.1 Å². The van der Waals surface area contributed by atoms with Gasteiger partial charge in [-0.15, -0.1) is 11.3 Å². The van der Waals surface area contributed by atoms with Crippen molar-refractivity contribution in [1.29, 1.82) is 5.26 Å². The number of esters is 1. The Morgan fingerprint density at radius 2 is 2.08 bits per heavy atom. The summed E-state index contributed by atoms with van der Waals surface area (Å²) in [5, 5.41) is 12.8. The third-order valence-electron chi connectivity index (χ3n) is 3.47. The van der Waals surface area contributed by atoms with Gasteiger partial charge in [-0.1, -0.05) is 11.6 Å². The Balaban J connectivity index is 2.08. The first-order valence-corrected chi connectivity index (χ1v) is 8.96. The van der Waals surface area contributed by atoms with Gasteiger partial charge in [-0.05, 0) is 50.1 Å². The van der Waals surface area contributed by atoms with Gasteiger partial charge in [-0.25, -0.2) is 4.79 Å². The lowest BCUT2D eigenvalue weighted by Gasteiger charge is -2.08. The lowest BCUT2D eigenvalue weighted by Crippen LogP contribution is -2.20. The van der Waals surface area contributed by atoms with Gasteiger partial charge in [-0.2, -0.15) is 5.26 Å². The van der Waals surface area contributed by atoms with Crippen LogP contribution in [-0.4, -0.2) is 25.1 Å². The molecule has 0 radical (unpaired) electrons. The minimum absolute atomic E-state index is 0.230. The highest BCUT2D eigenvalue weighted by molar-refractivity contribution is 7.18. The number of amides is 1. The molecule has 1 heterocycles. The van der Waals surface area contributed by atoms with Gasteiger partial charge in [0.05, 0.1) is 12.2 Å². The van der Waals surface area contributed by atoms with Crippen LogP contribution in [0.25, 0.3) is 0 Å². The van der Waals surface area contributed by atoms with E-state index >= 15 is 0 Å². The van der Waals surface area contributed by atoms with Gasteiger partial charge in [0.25, 0.3) is 5.91 Å². The highest BCUT2D eigenvalue weighted by Crippen LogP contribution is 2.33. The SMILES string of the molecule is CCOC(=O)c1sc(NC(=O)COc2ccc(Cl)c(C)c2)c(C#N)c1C. The number of nitrogens with one attached hydrogen (secondary N) is 1. The number of ether oxygens (including phenoxy) is 2. The summed E-state index contributed by atoms with van der Waals surface area (Å²) in [6, 6.07) is 7.08. The fraction of sp³-hybridized carbons (Fsp3) is 0.278. The van der Waals surface area contributed by atoms with Gasteiger partial charge in [0.2, 0.25) is 0 Å². The number of benzene rings is 1. The Morgan fingerprint density at radius 3 is 2.69 bits per heavy atom. The van der Waals surface area contributed by atoms with Crippen LogP contribution in [0.15, 0.2) is 18.2 Å². The molecule has 0 spiro atoms. The lowest BCUT2D eigenvalue weighted by molar-refractivity contribution is -0.118. The number of nitriles is 1. The lowest BCUT2D eigenvalue weighted by atomic mass is 10.2. The predicted molar refractivity (Wildman–Crippen MR) is 100 cm³/mol. The van der Waals surface area contributed by atoms with Crippen LogP contribution in [0.1, 0.15) is 33.3 Å². The van der Waals surface area contributed by atoms with Gasteiger partial charge in [0.1, 0.15) is 21.7 Å². The average molecular weight is 393 g/mol. The molecule has 1 amide bonds. The second-order valence-corrected chi connectivity index (χ2v) is 6.77. The maximum atomic E-state index is 12.1. The summed E-state index contributed by atoms with van der Waals surface area (Å²) in [5.41, 5.74) is 1.57. The molecular formula is C18H17ClN2O4S. The summed E-state index contributed by atoms with van der Waals surface area (Å²) < 4.78 is 10.4.